The average Bonchev–Trinajstić information content (AvgIpc) is 3.79. The third-order valence-corrected chi connectivity index (χ3v) is 15.2. The van der Waals surface area contributed by atoms with Crippen LogP contribution in [0.1, 0.15) is 129 Å². The Morgan fingerprint density at radius 3 is 1.29 bits per heavy atom. The molecule has 3 aliphatic heterocycles. The molecule has 0 unspecified atom stereocenters. The number of fused-ring (bicyclic) bond motifs is 4. The Kier molecular flexibility index (Phi) is 10.6. The Bertz CT molecular complexity index is 2660. The molecule has 63 heavy (non-hydrogen) atoms. The van der Waals surface area contributed by atoms with E-state index in [1.54, 1.807) is 0 Å². The van der Waals surface area contributed by atoms with E-state index in [4.69, 9.17) is 8.37 Å². The van der Waals surface area contributed by atoms with Gasteiger partial charge in [-0.05, 0) is 84.1 Å². The zero-order chi connectivity index (χ0) is 45.9. The van der Waals surface area contributed by atoms with Crippen LogP contribution in [-0.2, 0) is 30.0 Å². The molecule has 3 aliphatic rings. The number of nitrogens with zero attached hydrogens (tertiary/aromatic N) is 2. The van der Waals surface area contributed by atoms with Crippen LogP contribution in [0.2, 0.25) is 0 Å². The molecule has 5 aromatic rings. The predicted octanol–water partition coefficient (Wildman–Crippen LogP) is 15.0. The third kappa shape index (κ3) is 7.76. The van der Waals surface area contributed by atoms with Crippen molar-refractivity contribution in [1.82, 2.24) is 3.97 Å². The standard InChI is InChI=1S/C54H61F4N2O2S/c1-34-47-43(35-14-22-39(23-15-35)49(2,3)4)30-45(37-18-26-41(27-19-37)51(8,9)10)59(47)63(61-32-53(55,56)54(57,58)33-62-63)60-46(38-20-28-42(29-21-38)52(11,12)13)31-44(48(34)60)36-16-24-40(25-17-36)50(5,6)7/h14-31H,32-33H2,1-13H3/q+1. The lowest BCUT2D eigenvalue weighted by molar-refractivity contribution is -0.313. The van der Waals surface area contributed by atoms with Gasteiger partial charge in [-0.3, -0.25) is 0 Å². The molecule has 4 nitrogen and oxygen atoms in total. The minimum Gasteiger partial charge on any atom is -0.210 e. The average molecular weight is 878 g/mol. The molecule has 0 amide bonds. The van der Waals surface area contributed by atoms with Crippen molar-refractivity contribution in [3.63, 3.8) is 0 Å². The summed E-state index contributed by atoms with van der Waals surface area (Å²) in [4.78, 5) is 0. The quantitative estimate of drug-likeness (QED) is 0.133. The van der Waals surface area contributed by atoms with Crippen molar-refractivity contribution < 1.29 is 29.9 Å². The molecule has 1 aromatic heterocycles. The number of hydrogen-bond acceptors (Lipinski definition) is 2. The maximum absolute atomic E-state index is 15.8. The highest BCUT2D eigenvalue weighted by Crippen LogP contribution is 2.67. The number of hydrogen-bond donors (Lipinski definition) is 0. The van der Waals surface area contributed by atoms with Crippen molar-refractivity contribution >= 4 is 27.8 Å². The van der Waals surface area contributed by atoms with Gasteiger partial charge in [0.05, 0.1) is 22.5 Å². The maximum atomic E-state index is 15.8. The van der Waals surface area contributed by atoms with E-state index < -0.39 is 36.0 Å². The van der Waals surface area contributed by atoms with Crippen molar-refractivity contribution in [2.75, 3.05) is 13.2 Å². The molecule has 0 aliphatic carbocycles. The lowest BCUT2D eigenvalue weighted by Crippen LogP contribution is -2.45. The number of halogens is 4. The molecule has 0 N–H and O–H groups in total. The van der Waals surface area contributed by atoms with Gasteiger partial charge < -0.3 is 0 Å². The first-order chi connectivity index (χ1) is 29.1. The number of benzene rings is 4. The Labute approximate surface area is 373 Å². The molecule has 8 rings (SSSR count). The molecule has 332 valence electrons. The van der Waals surface area contributed by atoms with Crippen LogP contribution in [-0.4, -0.2) is 38.7 Å². The molecule has 4 heterocycles. The van der Waals surface area contributed by atoms with Gasteiger partial charge in [0.25, 0.3) is 0 Å². The van der Waals surface area contributed by atoms with Crippen LogP contribution in [0.3, 0.4) is 0 Å². The minimum atomic E-state index is -4.51. The van der Waals surface area contributed by atoms with E-state index in [2.05, 4.69) is 156 Å². The van der Waals surface area contributed by atoms with Gasteiger partial charge in [0, 0.05) is 22.8 Å². The first-order valence-electron chi connectivity index (χ1n) is 21.8. The Morgan fingerprint density at radius 1 is 0.524 bits per heavy atom. The van der Waals surface area contributed by atoms with Crippen molar-refractivity contribution in [3.8, 4) is 22.4 Å². The molecule has 1 spiro atoms. The predicted molar refractivity (Wildman–Crippen MR) is 253 cm³/mol. The molecule has 9 heteroatoms. The number of rotatable bonds is 4. The molecule has 0 radical (unpaired) electrons. The fourth-order valence-corrected chi connectivity index (χ4v) is 11.6. The van der Waals surface area contributed by atoms with E-state index in [0.29, 0.717) is 22.8 Å². The van der Waals surface area contributed by atoms with Crippen LogP contribution >= 0.6 is 11.0 Å². The van der Waals surface area contributed by atoms with Crippen LogP contribution in [0.15, 0.2) is 115 Å². The van der Waals surface area contributed by atoms with Gasteiger partial charge in [-0.15, -0.1) is 0 Å². The third-order valence-electron chi connectivity index (χ3n) is 12.6. The summed E-state index contributed by atoms with van der Waals surface area (Å²) in [5.74, 6) is -9.03. The molecule has 0 bridgehead atoms. The largest absolute Gasteiger partial charge is 0.337 e. The van der Waals surface area contributed by atoms with Crippen molar-refractivity contribution in [3.05, 3.63) is 154 Å². The van der Waals surface area contributed by atoms with Crippen LogP contribution in [0.25, 0.3) is 33.5 Å². The molecule has 1 fully saturated rings. The van der Waals surface area contributed by atoms with Crippen molar-refractivity contribution in [2.45, 2.75) is 124 Å². The van der Waals surface area contributed by atoms with E-state index in [9.17, 15) is 0 Å². The molecule has 0 saturated carbocycles. The van der Waals surface area contributed by atoms with Crippen LogP contribution < -0.4 is 0 Å². The minimum absolute atomic E-state index is 0.104. The van der Waals surface area contributed by atoms with Gasteiger partial charge in [0.15, 0.2) is 0 Å². The van der Waals surface area contributed by atoms with Crippen LogP contribution in [0.5, 0.6) is 0 Å². The number of alkyl halides is 4. The summed E-state index contributed by atoms with van der Waals surface area (Å²) in [6.07, 6.45) is 2.04. The van der Waals surface area contributed by atoms with Crippen molar-refractivity contribution in [1.29, 1.82) is 0 Å². The van der Waals surface area contributed by atoms with Crippen LogP contribution in [0, 0.1) is 0 Å². The fraction of sp³-hybridized carbons (Fsp3) is 0.389. The highest BCUT2D eigenvalue weighted by molar-refractivity contribution is 8.19. The lowest BCUT2D eigenvalue weighted by Gasteiger charge is -2.42. The maximum Gasteiger partial charge on any atom is 0.337 e. The lowest BCUT2D eigenvalue weighted by atomic mass is 9.85. The first kappa shape index (κ1) is 44.9. The molecule has 0 atom stereocenters. The van der Waals surface area contributed by atoms with E-state index in [0.717, 1.165) is 61.2 Å². The summed E-state index contributed by atoms with van der Waals surface area (Å²) in [5.41, 5.74) is 12.3. The number of aromatic nitrogens is 1. The van der Waals surface area contributed by atoms with Crippen molar-refractivity contribution in [2.24, 2.45) is 0 Å². The van der Waals surface area contributed by atoms with E-state index >= 15 is 17.6 Å². The summed E-state index contributed by atoms with van der Waals surface area (Å²) >= 11 is 0. The normalized spacial score (nSPS) is 19.2. The summed E-state index contributed by atoms with van der Waals surface area (Å²) in [7, 11) is -3.75. The van der Waals surface area contributed by atoms with Gasteiger partial charge in [0.2, 0.25) is 11.4 Å². The smallest absolute Gasteiger partial charge is 0.210 e. The Balaban J connectivity index is 1.51. The van der Waals surface area contributed by atoms with E-state index in [1.165, 1.54) is 0 Å². The Hall–Kier alpha value is -4.70. The fourth-order valence-electron chi connectivity index (χ4n) is 8.55. The summed E-state index contributed by atoms with van der Waals surface area (Å²) in [6.45, 7) is 24.8. The van der Waals surface area contributed by atoms with Gasteiger partial charge in [-0.25, -0.2) is 8.37 Å². The van der Waals surface area contributed by atoms with Gasteiger partial charge >= 0.3 is 11.8 Å². The first-order valence-corrected chi connectivity index (χ1v) is 23.2. The monoisotopic (exact) mass is 877 g/mol. The molecule has 1 saturated heterocycles. The van der Waals surface area contributed by atoms with E-state index in [1.807, 2.05) is 51.3 Å². The summed E-state index contributed by atoms with van der Waals surface area (Å²) in [6, 6.07) is 35.1. The highest BCUT2D eigenvalue weighted by atomic mass is 32.3. The molecular weight excluding hydrogens is 817 g/mol. The SMILES string of the molecule is CC1=C2C(c3ccc(C(C)(C)C)cc3)=CC(c3ccc(C(C)(C)C)cc3)=[N+]2S2(OCC(F)(F)C(F)(F)CO2)n2c(-c3ccc(C(C)(C)C)cc3)cc(-c3ccc(C(C)(C)C)cc3)c21. The second-order valence-electron chi connectivity index (χ2n) is 21.5. The second kappa shape index (κ2) is 14.9. The second-order valence-corrected chi connectivity index (χ2v) is 23.6. The van der Waals surface area contributed by atoms with E-state index in [-0.39, 0.29) is 21.7 Å². The highest BCUT2D eigenvalue weighted by Gasteiger charge is 2.65. The number of allylic oxidation sites excluding steroid dienone is 3. The summed E-state index contributed by atoms with van der Waals surface area (Å²) in [5, 5.41) is 0. The topological polar surface area (TPSA) is 26.4 Å². The zero-order valence-corrected chi connectivity index (χ0v) is 39.8. The zero-order valence-electron chi connectivity index (χ0n) is 38.9. The Morgan fingerprint density at radius 2 is 0.889 bits per heavy atom. The van der Waals surface area contributed by atoms with Gasteiger partial charge in [-0.2, -0.15) is 21.5 Å². The van der Waals surface area contributed by atoms with Gasteiger partial charge in [-0.1, -0.05) is 168 Å². The van der Waals surface area contributed by atoms with Crippen LogP contribution in [0.4, 0.5) is 17.6 Å². The molecular formula is C54H61F4N2O2S+. The van der Waals surface area contributed by atoms with Gasteiger partial charge in [0.1, 0.15) is 24.2 Å². The molecule has 4 aromatic carbocycles. The summed E-state index contributed by atoms with van der Waals surface area (Å²) < 4.78 is 80.0.